The fourth-order valence-electron chi connectivity index (χ4n) is 3.48. The van der Waals surface area contributed by atoms with Gasteiger partial charge in [-0.2, -0.15) is 18.2 Å². The highest BCUT2D eigenvalue weighted by molar-refractivity contribution is 5.75. The zero-order valence-corrected chi connectivity index (χ0v) is 15.7. The van der Waals surface area contributed by atoms with Gasteiger partial charge in [0.1, 0.15) is 11.6 Å². The van der Waals surface area contributed by atoms with E-state index in [9.17, 15) is 18.0 Å². The van der Waals surface area contributed by atoms with Crippen LogP contribution in [0, 0.1) is 6.92 Å². The van der Waals surface area contributed by atoms with Crippen LogP contribution in [0.25, 0.3) is 5.78 Å². The van der Waals surface area contributed by atoms with Crippen LogP contribution in [-0.2, 0) is 30.6 Å². The molecule has 0 saturated heterocycles. The van der Waals surface area contributed by atoms with E-state index in [-0.39, 0.29) is 18.1 Å². The second kappa shape index (κ2) is 6.61. The van der Waals surface area contributed by atoms with Gasteiger partial charge in [-0.3, -0.25) is 9.20 Å². The number of nitrogen functional groups attached to an aromatic ring is 1. The molecule has 1 aliphatic rings. The maximum absolute atomic E-state index is 13.0. The van der Waals surface area contributed by atoms with E-state index < -0.39 is 11.7 Å². The molecule has 0 aliphatic carbocycles. The number of amides is 1. The Morgan fingerprint density at radius 2 is 2.00 bits per heavy atom. The number of aromatic nitrogens is 4. The minimum Gasteiger partial charge on any atom is -0.399 e. The van der Waals surface area contributed by atoms with E-state index in [2.05, 4.69) is 20.5 Å². The largest absolute Gasteiger partial charge is 0.416 e. The molecule has 3 heterocycles. The number of anilines is 2. The van der Waals surface area contributed by atoms with Gasteiger partial charge in [-0.25, -0.2) is 0 Å². The molecule has 0 fully saturated rings. The summed E-state index contributed by atoms with van der Waals surface area (Å²) in [6.45, 7) is 4.08. The van der Waals surface area contributed by atoms with E-state index in [4.69, 9.17) is 5.73 Å². The molecule has 2 aromatic heterocycles. The number of carbonyl (C=O) groups excluding carboxylic acids is 1. The number of nitrogens with one attached hydrogen (secondary N) is 1. The van der Waals surface area contributed by atoms with E-state index in [0.717, 1.165) is 23.4 Å². The van der Waals surface area contributed by atoms with Crippen LogP contribution in [0.1, 0.15) is 35.1 Å². The van der Waals surface area contributed by atoms with Crippen molar-refractivity contribution < 1.29 is 18.0 Å². The lowest BCUT2D eigenvalue weighted by atomic mass is 10.1. The van der Waals surface area contributed by atoms with Gasteiger partial charge >= 0.3 is 6.18 Å². The molecule has 0 atom stereocenters. The number of nitrogens with zero attached hydrogens (tertiary/aromatic N) is 5. The number of aryl methyl sites for hydroxylation is 1. The molecule has 4 rings (SSSR count). The molecule has 29 heavy (non-hydrogen) atoms. The highest BCUT2D eigenvalue weighted by Gasteiger charge is 2.31. The van der Waals surface area contributed by atoms with Gasteiger partial charge in [0.05, 0.1) is 24.3 Å². The normalized spacial score (nSPS) is 13.8. The number of hydrogen-bond acceptors (Lipinski definition) is 6. The number of hydrogen-bond donors (Lipinski definition) is 2. The lowest BCUT2D eigenvalue weighted by Gasteiger charge is -2.14. The maximum Gasteiger partial charge on any atom is 0.416 e. The standard InChI is InChI=1S/C18H18F3N7O/c1-9-25-26-17-24-16(14-7-27(10(2)29)8-15(14)28(9)17)23-6-11-3-12(18(19,20)21)5-13(22)4-11/h3-5H,6-8,22H2,1-2H3,(H,23,24,26). The summed E-state index contributed by atoms with van der Waals surface area (Å²) in [6, 6.07) is 3.42. The van der Waals surface area contributed by atoms with Crippen LogP contribution in [0.3, 0.4) is 0 Å². The first-order chi connectivity index (χ1) is 13.6. The molecule has 0 bridgehead atoms. The molecule has 1 aliphatic heterocycles. The van der Waals surface area contributed by atoms with Gasteiger partial charge in [-0.15, -0.1) is 10.2 Å². The summed E-state index contributed by atoms with van der Waals surface area (Å²) in [5, 5.41) is 11.1. The van der Waals surface area contributed by atoms with Crippen molar-refractivity contribution in [2.45, 2.75) is 39.7 Å². The number of rotatable bonds is 3. The summed E-state index contributed by atoms with van der Waals surface area (Å²) in [5.41, 5.74) is 6.84. The molecule has 11 heteroatoms. The van der Waals surface area contributed by atoms with Gasteiger partial charge in [0, 0.05) is 24.7 Å². The second-order valence-corrected chi connectivity index (χ2v) is 6.96. The molecule has 0 radical (unpaired) electrons. The predicted molar refractivity (Wildman–Crippen MR) is 98.6 cm³/mol. The highest BCUT2D eigenvalue weighted by atomic mass is 19.4. The molecule has 152 valence electrons. The number of halogens is 3. The number of nitrogens with two attached hydrogens (primary N) is 1. The van der Waals surface area contributed by atoms with Crippen LogP contribution < -0.4 is 11.1 Å². The topological polar surface area (TPSA) is 101 Å². The van der Waals surface area contributed by atoms with Crippen molar-refractivity contribution in [3.8, 4) is 0 Å². The van der Waals surface area contributed by atoms with Gasteiger partial charge in [-0.1, -0.05) is 0 Å². The Hall–Kier alpha value is -3.37. The van der Waals surface area contributed by atoms with Gasteiger partial charge in [-0.05, 0) is 30.7 Å². The van der Waals surface area contributed by atoms with E-state index in [1.807, 2.05) is 0 Å². The van der Waals surface area contributed by atoms with Crippen LogP contribution in [0.2, 0.25) is 0 Å². The third-order valence-electron chi connectivity index (χ3n) is 4.86. The summed E-state index contributed by atoms with van der Waals surface area (Å²) in [4.78, 5) is 18.0. The van der Waals surface area contributed by atoms with E-state index in [1.165, 1.54) is 13.0 Å². The first kappa shape index (κ1) is 19.0. The molecule has 3 N–H and O–H groups in total. The van der Waals surface area contributed by atoms with Crippen molar-refractivity contribution >= 4 is 23.2 Å². The minimum absolute atomic E-state index is 0.0288. The lowest BCUT2D eigenvalue weighted by molar-refractivity contribution is -0.137. The van der Waals surface area contributed by atoms with Crippen molar-refractivity contribution in [3.05, 3.63) is 46.4 Å². The molecule has 1 aromatic carbocycles. The summed E-state index contributed by atoms with van der Waals surface area (Å²) in [7, 11) is 0. The molecule has 3 aromatic rings. The maximum atomic E-state index is 13.0. The van der Waals surface area contributed by atoms with E-state index >= 15 is 0 Å². The van der Waals surface area contributed by atoms with Crippen LogP contribution in [-0.4, -0.2) is 30.4 Å². The fourth-order valence-corrected chi connectivity index (χ4v) is 3.48. The van der Waals surface area contributed by atoms with Gasteiger partial charge < -0.3 is 16.0 Å². The quantitative estimate of drug-likeness (QED) is 0.650. The lowest BCUT2D eigenvalue weighted by Crippen LogP contribution is -2.22. The fraction of sp³-hybridized carbons (Fsp3) is 0.333. The van der Waals surface area contributed by atoms with Crippen LogP contribution in [0.4, 0.5) is 24.7 Å². The van der Waals surface area contributed by atoms with Gasteiger partial charge in [0.2, 0.25) is 5.91 Å². The van der Waals surface area contributed by atoms with E-state index in [1.54, 1.807) is 16.2 Å². The highest BCUT2D eigenvalue weighted by Crippen LogP contribution is 2.32. The number of alkyl halides is 3. The van der Waals surface area contributed by atoms with Gasteiger partial charge in [0.15, 0.2) is 0 Å². The first-order valence-corrected chi connectivity index (χ1v) is 8.83. The molecular weight excluding hydrogens is 387 g/mol. The average molecular weight is 405 g/mol. The smallest absolute Gasteiger partial charge is 0.399 e. The molecule has 8 nitrogen and oxygen atoms in total. The van der Waals surface area contributed by atoms with Crippen molar-refractivity contribution in [2.24, 2.45) is 0 Å². The third-order valence-corrected chi connectivity index (χ3v) is 4.86. The Bertz CT molecular complexity index is 1120. The molecule has 0 spiro atoms. The van der Waals surface area contributed by atoms with Crippen molar-refractivity contribution in [2.75, 3.05) is 11.1 Å². The SMILES string of the molecule is CC(=O)N1Cc2c(NCc3cc(N)cc(C(F)(F)F)c3)nc3nnc(C)n3c2C1. The van der Waals surface area contributed by atoms with Gasteiger partial charge in [0.25, 0.3) is 5.78 Å². The Morgan fingerprint density at radius 3 is 2.69 bits per heavy atom. The van der Waals surface area contributed by atoms with E-state index in [0.29, 0.717) is 36.1 Å². The van der Waals surface area contributed by atoms with Crippen LogP contribution in [0.15, 0.2) is 18.2 Å². The molecular formula is C18H18F3N7O. The average Bonchev–Trinajstić information content (AvgIpc) is 3.22. The molecule has 1 amide bonds. The molecule has 0 saturated carbocycles. The molecule has 0 unspecified atom stereocenters. The first-order valence-electron chi connectivity index (χ1n) is 8.83. The third kappa shape index (κ3) is 3.43. The summed E-state index contributed by atoms with van der Waals surface area (Å²) < 4.78 is 40.9. The van der Waals surface area contributed by atoms with Crippen molar-refractivity contribution in [3.63, 3.8) is 0 Å². The summed E-state index contributed by atoms with van der Waals surface area (Å²) in [5.74, 6) is 1.38. The van der Waals surface area contributed by atoms with Crippen LogP contribution >= 0.6 is 0 Å². The zero-order valence-electron chi connectivity index (χ0n) is 15.7. The Kier molecular flexibility index (Phi) is 4.32. The predicted octanol–water partition coefficient (Wildman–Crippen LogP) is 2.51. The minimum atomic E-state index is -4.48. The number of carbonyl (C=O) groups is 1. The Labute approximate surface area is 163 Å². The number of fused-ring (bicyclic) bond motifs is 3. The zero-order chi connectivity index (χ0) is 20.9. The second-order valence-electron chi connectivity index (χ2n) is 6.96. The summed E-state index contributed by atoms with van der Waals surface area (Å²) >= 11 is 0. The van der Waals surface area contributed by atoms with Crippen molar-refractivity contribution in [1.82, 2.24) is 24.5 Å². The van der Waals surface area contributed by atoms with Crippen molar-refractivity contribution in [1.29, 1.82) is 0 Å². The Morgan fingerprint density at radius 1 is 1.24 bits per heavy atom. The monoisotopic (exact) mass is 405 g/mol. The van der Waals surface area contributed by atoms with Crippen LogP contribution in [0.5, 0.6) is 0 Å². The Balaban J connectivity index is 1.69. The number of benzene rings is 1. The summed E-state index contributed by atoms with van der Waals surface area (Å²) in [6.07, 6.45) is -4.48.